The molecule has 3 heteroatoms. The molecule has 0 radical (unpaired) electrons. The van der Waals surface area contributed by atoms with Crippen LogP contribution in [0.5, 0.6) is 5.75 Å². The minimum atomic E-state index is 0.0284. The highest BCUT2D eigenvalue weighted by Crippen LogP contribution is 2.22. The summed E-state index contributed by atoms with van der Waals surface area (Å²) in [5.41, 5.74) is 1.86. The fourth-order valence-electron chi connectivity index (χ4n) is 1.36. The van der Waals surface area contributed by atoms with Crippen molar-refractivity contribution in [2.75, 3.05) is 5.32 Å². The van der Waals surface area contributed by atoms with Crippen LogP contribution in [0.3, 0.4) is 0 Å². The number of hydrogen-bond acceptors (Lipinski definition) is 2. The van der Waals surface area contributed by atoms with Gasteiger partial charge in [0.05, 0.1) is 6.10 Å². The van der Waals surface area contributed by atoms with Crippen molar-refractivity contribution in [1.29, 1.82) is 0 Å². The molecule has 0 bridgehead atoms. The van der Waals surface area contributed by atoms with Crippen LogP contribution in [-0.2, 0) is 4.79 Å². The van der Waals surface area contributed by atoms with Crippen molar-refractivity contribution >= 4 is 11.6 Å². The molecule has 0 aliphatic heterocycles. The van der Waals surface area contributed by atoms with E-state index in [9.17, 15) is 4.79 Å². The molecule has 1 aromatic carbocycles. The molecule has 0 saturated carbocycles. The molecular formula is C13H19NO2. The fourth-order valence-corrected chi connectivity index (χ4v) is 1.36. The lowest BCUT2D eigenvalue weighted by molar-refractivity contribution is -0.115. The van der Waals surface area contributed by atoms with E-state index in [1.807, 2.05) is 45.9 Å². The summed E-state index contributed by atoms with van der Waals surface area (Å²) in [5.74, 6) is 0.864. The molecule has 0 heterocycles. The Bertz CT molecular complexity index is 372. The number of ether oxygens (including phenoxy) is 1. The van der Waals surface area contributed by atoms with Crippen LogP contribution in [0.2, 0.25) is 0 Å². The number of nitrogens with one attached hydrogen (secondary N) is 1. The van der Waals surface area contributed by atoms with Gasteiger partial charge in [0, 0.05) is 12.1 Å². The Labute approximate surface area is 96.8 Å². The van der Waals surface area contributed by atoms with Crippen molar-refractivity contribution in [1.82, 2.24) is 0 Å². The fraction of sp³-hybridized carbons (Fsp3) is 0.462. The SMILES string of the molecule is CCC(=O)Nc1ccc(OC(C)C)cc1C. The minimum absolute atomic E-state index is 0.0284. The van der Waals surface area contributed by atoms with Gasteiger partial charge in [0.1, 0.15) is 5.75 Å². The lowest BCUT2D eigenvalue weighted by Crippen LogP contribution is -2.11. The molecular weight excluding hydrogens is 202 g/mol. The van der Waals surface area contributed by atoms with Crippen molar-refractivity contribution in [3.05, 3.63) is 23.8 Å². The van der Waals surface area contributed by atoms with E-state index in [0.717, 1.165) is 17.0 Å². The summed E-state index contributed by atoms with van der Waals surface area (Å²) in [7, 11) is 0. The highest BCUT2D eigenvalue weighted by Gasteiger charge is 2.04. The molecule has 0 fully saturated rings. The average Bonchev–Trinajstić information content (AvgIpc) is 2.21. The first kappa shape index (κ1) is 12.6. The largest absolute Gasteiger partial charge is 0.491 e. The average molecular weight is 221 g/mol. The van der Waals surface area contributed by atoms with Crippen LogP contribution in [0.25, 0.3) is 0 Å². The lowest BCUT2D eigenvalue weighted by atomic mass is 10.2. The number of carbonyl (C=O) groups is 1. The molecule has 16 heavy (non-hydrogen) atoms. The Balaban J connectivity index is 2.79. The van der Waals surface area contributed by atoms with E-state index in [4.69, 9.17) is 4.74 Å². The number of benzene rings is 1. The van der Waals surface area contributed by atoms with Crippen molar-refractivity contribution in [3.8, 4) is 5.75 Å². The van der Waals surface area contributed by atoms with E-state index < -0.39 is 0 Å². The predicted molar refractivity (Wildman–Crippen MR) is 65.9 cm³/mol. The molecule has 0 aliphatic rings. The van der Waals surface area contributed by atoms with E-state index in [1.165, 1.54) is 0 Å². The zero-order valence-corrected chi connectivity index (χ0v) is 10.3. The summed E-state index contributed by atoms with van der Waals surface area (Å²) in [4.78, 5) is 11.3. The summed E-state index contributed by atoms with van der Waals surface area (Å²) >= 11 is 0. The second kappa shape index (κ2) is 5.54. The van der Waals surface area contributed by atoms with E-state index in [0.29, 0.717) is 6.42 Å². The van der Waals surface area contributed by atoms with Gasteiger partial charge in [0.2, 0.25) is 5.91 Å². The van der Waals surface area contributed by atoms with Gasteiger partial charge in [-0.15, -0.1) is 0 Å². The van der Waals surface area contributed by atoms with Crippen LogP contribution < -0.4 is 10.1 Å². The second-order valence-corrected chi connectivity index (χ2v) is 4.05. The lowest BCUT2D eigenvalue weighted by Gasteiger charge is -2.12. The molecule has 0 aromatic heterocycles. The maximum Gasteiger partial charge on any atom is 0.224 e. The van der Waals surface area contributed by atoms with Crippen molar-refractivity contribution in [2.45, 2.75) is 40.2 Å². The zero-order valence-electron chi connectivity index (χ0n) is 10.3. The number of rotatable bonds is 4. The summed E-state index contributed by atoms with van der Waals surface area (Å²) in [6, 6.07) is 5.68. The Morgan fingerprint density at radius 2 is 2.12 bits per heavy atom. The molecule has 0 spiro atoms. The van der Waals surface area contributed by atoms with Gasteiger partial charge in [-0.1, -0.05) is 6.92 Å². The van der Waals surface area contributed by atoms with E-state index >= 15 is 0 Å². The Kier molecular flexibility index (Phi) is 4.35. The molecule has 1 N–H and O–H groups in total. The van der Waals surface area contributed by atoms with Gasteiger partial charge in [-0.05, 0) is 44.5 Å². The van der Waals surface area contributed by atoms with Crippen LogP contribution in [0.15, 0.2) is 18.2 Å². The van der Waals surface area contributed by atoms with Crippen molar-refractivity contribution < 1.29 is 9.53 Å². The van der Waals surface area contributed by atoms with Crippen LogP contribution in [0.4, 0.5) is 5.69 Å². The molecule has 0 saturated heterocycles. The number of aryl methyl sites for hydroxylation is 1. The smallest absolute Gasteiger partial charge is 0.224 e. The quantitative estimate of drug-likeness (QED) is 0.848. The summed E-state index contributed by atoms with van der Waals surface area (Å²) < 4.78 is 5.57. The molecule has 0 aliphatic carbocycles. The standard InChI is InChI=1S/C13H19NO2/c1-5-13(15)14-12-7-6-11(8-10(12)4)16-9(2)3/h6-9H,5H2,1-4H3,(H,14,15). The molecule has 1 amide bonds. The third-order valence-corrected chi connectivity index (χ3v) is 2.16. The van der Waals surface area contributed by atoms with Crippen LogP contribution >= 0.6 is 0 Å². The Morgan fingerprint density at radius 1 is 1.44 bits per heavy atom. The van der Waals surface area contributed by atoms with Gasteiger partial charge in [0.15, 0.2) is 0 Å². The van der Waals surface area contributed by atoms with E-state index in [1.54, 1.807) is 0 Å². The van der Waals surface area contributed by atoms with Crippen LogP contribution in [0.1, 0.15) is 32.8 Å². The maximum atomic E-state index is 11.3. The van der Waals surface area contributed by atoms with Gasteiger partial charge >= 0.3 is 0 Å². The third-order valence-electron chi connectivity index (χ3n) is 2.16. The highest BCUT2D eigenvalue weighted by atomic mass is 16.5. The first-order valence-corrected chi connectivity index (χ1v) is 5.60. The summed E-state index contributed by atoms with van der Waals surface area (Å²) in [5, 5.41) is 2.85. The monoisotopic (exact) mass is 221 g/mol. The van der Waals surface area contributed by atoms with Gasteiger partial charge in [0.25, 0.3) is 0 Å². The summed E-state index contributed by atoms with van der Waals surface area (Å²) in [6.07, 6.45) is 0.652. The van der Waals surface area contributed by atoms with E-state index in [-0.39, 0.29) is 12.0 Å². The number of amides is 1. The van der Waals surface area contributed by atoms with Gasteiger partial charge in [-0.3, -0.25) is 4.79 Å². The Morgan fingerprint density at radius 3 is 2.62 bits per heavy atom. The first-order chi connectivity index (χ1) is 7.52. The summed E-state index contributed by atoms with van der Waals surface area (Å²) in [6.45, 7) is 7.77. The van der Waals surface area contributed by atoms with Gasteiger partial charge in [-0.25, -0.2) is 0 Å². The van der Waals surface area contributed by atoms with Crippen molar-refractivity contribution in [3.63, 3.8) is 0 Å². The number of carbonyl (C=O) groups excluding carboxylic acids is 1. The molecule has 0 atom stereocenters. The minimum Gasteiger partial charge on any atom is -0.491 e. The van der Waals surface area contributed by atoms with Crippen LogP contribution in [0, 0.1) is 6.92 Å². The highest BCUT2D eigenvalue weighted by molar-refractivity contribution is 5.91. The molecule has 1 aromatic rings. The number of hydrogen-bond donors (Lipinski definition) is 1. The maximum absolute atomic E-state index is 11.3. The van der Waals surface area contributed by atoms with Gasteiger partial charge in [-0.2, -0.15) is 0 Å². The number of anilines is 1. The second-order valence-electron chi connectivity index (χ2n) is 4.05. The topological polar surface area (TPSA) is 38.3 Å². The Hall–Kier alpha value is -1.51. The van der Waals surface area contributed by atoms with Gasteiger partial charge < -0.3 is 10.1 Å². The molecule has 88 valence electrons. The predicted octanol–water partition coefficient (Wildman–Crippen LogP) is 3.13. The third kappa shape index (κ3) is 3.57. The van der Waals surface area contributed by atoms with E-state index in [2.05, 4.69) is 5.32 Å². The molecule has 0 unspecified atom stereocenters. The normalized spacial score (nSPS) is 10.3. The zero-order chi connectivity index (χ0) is 12.1. The molecule has 1 rings (SSSR count). The van der Waals surface area contributed by atoms with Crippen molar-refractivity contribution in [2.24, 2.45) is 0 Å². The van der Waals surface area contributed by atoms with Crippen LogP contribution in [-0.4, -0.2) is 12.0 Å². The first-order valence-electron chi connectivity index (χ1n) is 5.60. The molecule has 3 nitrogen and oxygen atoms in total.